The first-order chi connectivity index (χ1) is 10.4. The van der Waals surface area contributed by atoms with Crippen LogP contribution in [0.1, 0.15) is 60.8 Å². The minimum absolute atomic E-state index is 0.251. The predicted molar refractivity (Wildman–Crippen MR) is 86.0 cm³/mol. The van der Waals surface area contributed by atoms with Gasteiger partial charge in [-0.3, -0.25) is 4.90 Å². The van der Waals surface area contributed by atoms with Crippen LogP contribution >= 0.6 is 0 Å². The Morgan fingerprint density at radius 1 is 1.22 bits per heavy atom. The van der Waals surface area contributed by atoms with E-state index in [4.69, 9.17) is 9.47 Å². The molecule has 0 bridgehead atoms. The van der Waals surface area contributed by atoms with E-state index in [0.717, 1.165) is 0 Å². The summed E-state index contributed by atoms with van der Waals surface area (Å²) in [7, 11) is 0. The van der Waals surface area contributed by atoms with Gasteiger partial charge in [0.25, 0.3) is 0 Å². The quantitative estimate of drug-likeness (QED) is 0.830. The smallest absolute Gasteiger partial charge is 0.411 e. The van der Waals surface area contributed by atoms with E-state index in [1.165, 1.54) is 4.90 Å². The molecule has 1 rings (SSSR count). The molecule has 7 heteroatoms. The first-order valence-electron chi connectivity index (χ1n) is 8.11. The fourth-order valence-electron chi connectivity index (χ4n) is 2.11. The summed E-state index contributed by atoms with van der Waals surface area (Å²) in [5.74, 6) is 0. The fourth-order valence-corrected chi connectivity index (χ4v) is 2.11. The molecule has 7 nitrogen and oxygen atoms in total. The third-order valence-corrected chi connectivity index (χ3v) is 3.71. The Bertz CT molecular complexity index is 431. The van der Waals surface area contributed by atoms with Crippen LogP contribution in [0, 0.1) is 0 Å². The standard InChI is InChI=1S/C16H30N2O5/c1-7-16(5,6)22-13(20)17-12-10-11(19)8-9-18(12)14(21)23-15(2,3)4/h11-12,19H,7-10H2,1-6H3,(H,17,20). The van der Waals surface area contributed by atoms with Crippen molar-refractivity contribution < 1.29 is 24.2 Å². The van der Waals surface area contributed by atoms with E-state index < -0.39 is 35.7 Å². The summed E-state index contributed by atoms with van der Waals surface area (Å²) in [5.41, 5.74) is -1.21. The topological polar surface area (TPSA) is 88.1 Å². The van der Waals surface area contributed by atoms with E-state index in [9.17, 15) is 14.7 Å². The summed E-state index contributed by atoms with van der Waals surface area (Å²) >= 11 is 0. The van der Waals surface area contributed by atoms with E-state index in [2.05, 4.69) is 5.32 Å². The Hall–Kier alpha value is -1.50. The predicted octanol–water partition coefficient (Wildman–Crippen LogP) is 2.62. The van der Waals surface area contributed by atoms with Crippen molar-refractivity contribution in [1.29, 1.82) is 0 Å². The molecule has 2 unspecified atom stereocenters. The largest absolute Gasteiger partial charge is 0.444 e. The summed E-state index contributed by atoms with van der Waals surface area (Å²) in [6, 6.07) is 0. The summed E-state index contributed by atoms with van der Waals surface area (Å²) in [6.45, 7) is 11.2. The highest BCUT2D eigenvalue weighted by Crippen LogP contribution is 2.20. The van der Waals surface area contributed by atoms with Gasteiger partial charge in [-0.1, -0.05) is 6.92 Å². The minimum Gasteiger partial charge on any atom is -0.444 e. The zero-order chi connectivity index (χ0) is 17.8. The Labute approximate surface area is 138 Å². The summed E-state index contributed by atoms with van der Waals surface area (Å²) in [6.07, 6.45) is -0.960. The van der Waals surface area contributed by atoms with Crippen LogP contribution in [0.3, 0.4) is 0 Å². The van der Waals surface area contributed by atoms with Gasteiger partial charge in [0.1, 0.15) is 17.4 Å². The first kappa shape index (κ1) is 19.5. The van der Waals surface area contributed by atoms with E-state index in [1.807, 2.05) is 20.8 Å². The van der Waals surface area contributed by atoms with Crippen LogP contribution in [0.2, 0.25) is 0 Å². The molecular weight excluding hydrogens is 300 g/mol. The average molecular weight is 330 g/mol. The third kappa shape index (κ3) is 6.64. The third-order valence-electron chi connectivity index (χ3n) is 3.71. The average Bonchev–Trinajstić information content (AvgIpc) is 2.35. The van der Waals surface area contributed by atoms with Gasteiger partial charge in [0, 0.05) is 13.0 Å². The maximum absolute atomic E-state index is 12.3. The molecule has 23 heavy (non-hydrogen) atoms. The number of likely N-dealkylation sites (tertiary alicyclic amines) is 1. The molecule has 1 aliphatic heterocycles. The number of ether oxygens (including phenoxy) is 2. The van der Waals surface area contributed by atoms with Crippen molar-refractivity contribution in [1.82, 2.24) is 10.2 Å². The lowest BCUT2D eigenvalue weighted by molar-refractivity contribution is -0.0189. The zero-order valence-electron chi connectivity index (χ0n) is 15.0. The second kappa shape index (κ2) is 7.38. The lowest BCUT2D eigenvalue weighted by Gasteiger charge is -2.38. The minimum atomic E-state index is -0.645. The molecule has 0 saturated carbocycles. The van der Waals surface area contributed by atoms with E-state index >= 15 is 0 Å². The van der Waals surface area contributed by atoms with Crippen molar-refractivity contribution in [2.24, 2.45) is 0 Å². The van der Waals surface area contributed by atoms with Crippen LogP contribution < -0.4 is 5.32 Å². The summed E-state index contributed by atoms with van der Waals surface area (Å²) < 4.78 is 10.7. The normalized spacial score (nSPS) is 22.5. The van der Waals surface area contributed by atoms with Crippen molar-refractivity contribution in [3.8, 4) is 0 Å². The fraction of sp³-hybridized carbons (Fsp3) is 0.875. The highest BCUT2D eigenvalue weighted by Gasteiger charge is 2.35. The van der Waals surface area contributed by atoms with Gasteiger partial charge < -0.3 is 19.9 Å². The molecule has 1 aliphatic rings. The van der Waals surface area contributed by atoms with Crippen molar-refractivity contribution >= 4 is 12.2 Å². The SMILES string of the molecule is CCC(C)(C)OC(=O)NC1CC(O)CCN1C(=O)OC(C)(C)C. The lowest BCUT2D eigenvalue weighted by atomic mass is 10.1. The van der Waals surface area contributed by atoms with Crippen molar-refractivity contribution in [3.63, 3.8) is 0 Å². The van der Waals surface area contributed by atoms with Crippen LogP contribution in [0.5, 0.6) is 0 Å². The monoisotopic (exact) mass is 330 g/mol. The number of carbonyl (C=O) groups excluding carboxylic acids is 2. The second-order valence-corrected chi connectivity index (χ2v) is 7.51. The van der Waals surface area contributed by atoms with Gasteiger partial charge in [-0.05, 0) is 47.5 Å². The number of alkyl carbamates (subject to hydrolysis) is 1. The number of aliphatic hydroxyl groups is 1. The van der Waals surface area contributed by atoms with Crippen LogP contribution in [0.25, 0.3) is 0 Å². The van der Waals surface area contributed by atoms with E-state index in [0.29, 0.717) is 19.4 Å². The molecule has 2 atom stereocenters. The van der Waals surface area contributed by atoms with Gasteiger partial charge >= 0.3 is 12.2 Å². The summed E-state index contributed by atoms with van der Waals surface area (Å²) in [4.78, 5) is 25.8. The number of aliphatic hydroxyl groups excluding tert-OH is 1. The number of carbonyl (C=O) groups is 2. The molecule has 0 aliphatic carbocycles. The number of piperidine rings is 1. The molecule has 0 aromatic carbocycles. The molecule has 0 aromatic rings. The molecule has 134 valence electrons. The number of nitrogens with one attached hydrogen (secondary N) is 1. The van der Waals surface area contributed by atoms with Gasteiger partial charge in [-0.15, -0.1) is 0 Å². The number of nitrogens with zero attached hydrogens (tertiary/aromatic N) is 1. The van der Waals surface area contributed by atoms with Crippen molar-refractivity contribution in [2.75, 3.05) is 6.54 Å². The Morgan fingerprint density at radius 3 is 2.35 bits per heavy atom. The maximum atomic E-state index is 12.3. The van der Waals surface area contributed by atoms with Crippen LogP contribution in [0.4, 0.5) is 9.59 Å². The van der Waals surface area contributed by atoms with Gasteiger partial charge in [0.2, 0.25) is 0 Å². The molecule has 1 saturated heterocycles. The van der Waals surface area contributed by atoms with Gasteiger partial charge in [-0.2, -0.15) is 0 Å². The number of amides is 2. The van der Waals surface area contributed by atoms with Crippen LogP contribution in [0.15, 0.2) is 0 Å². The molecule has 1 heterocycles. The first-order valence-corrected chi connectivity index (χ1v) is 8.11. The molecule has 0 radical (unpaired) electrons. The van der Waals surface area contributed by atoms with E-state index in [-0.39, 0.29) is 6.42 Å². The maximum Gasteiger partial charge on any atom is 0.411 e. The molecular formula is C16H30N2O5. The van der Waals surface area contributed by atoms with Crippen LogP contribution in [-0.2, 0) is 9.47 Å². The number of hydrogen-bond donors (Lipinski definition) is 2. The zero-order valence-corrected chi connectivity index (χ0v) is 15.0. The van der Waals surface area contributed by atoms with Gasteiger partial charge in [-0.25, -0.2) is 9.59 Å². The molecule has 1 fully saturated rings. The molecule has 0 aromatic heterocycles. The van der Waals surface area contributed by atoms with Crippen molar-refractivity contribution in [2.45, 2.75) is 84.3 Å². The number of rotatable bonds is 3. The highest BCUT2D eigenvalue weighted by molar-refractivity contribution is 5.71. The van der Waals surface area contributed by atoms with E-state index in [1.54, 1.807) is 20.8 Å². The molecule has 2 N–H and O–H groups in total. The highest BCUT2D eigenvalue weighted by atomic mass is 16.6. The van der Waals surface area contributed by atoms with Crippen LogP contribution in [-0.4, -0.2) is 52.2 Å². The van der Waals surface area contributed by atoms with Crippen molar-refractivity contribution in [3.05, 3.63) is 0 Å². The molecule has 2 amide bonds. The Morgan fingerprint density at radius 2 is 1.83 bits per heavy atom. The number of hydrogen-bond acceptors (Lipinski definition) is 5. The Balaban J connectivity index is 2.74. The van der Waals surface area contributed by atoms with Gasteiger partial charge in [0.15, 0.2) is 0 Å². The molecule has 0 spiro atoms. The van der Waals surface area contributed by atoms with Gasteiger partial charge in [0.05, 0.1) is 6.10 Å². The summed E-state index contributed by atoms with van der Waals surface area (Å²) in [5, 5.41) is 12.5. The Kier molecular flexibility index (Phi) is 6.27. The second-order valence-electron chi connectivity index (χ2n) is 7.51. The lowest BCUT2D eigenvalue weighted by Crippen LogP contribution is -2.57.